The molecule has 164 valence electrons. The van der Waals surface area contributed by atoms with Gasteiger partial charge in [-0.2, -0.15) is 0 Å². The zero-order chi connectivity index (χ0) is 22.2. The highest BCUT2D eigenvalue weighted by Crippen LogP contribution is 2.29. The van der Waals surface area contributed by atoms with Crippen LogP contribution in [-0.2, 0) is 11.2 Å². The summed E-state index contributed by atoms with van der Waals surface area (Å²) in [4.78, 5) is 12.4. The summed E-state index contributed by atoms with van der Waals surface area (Å²) in [5.41, 5.74) is 2.05. The summed E-state index contributed by atoms with van der Waals surface area (Å²) in [5, 5.41) is 12.2. The number of thioether (sulfide) groups is 1. The second kappa shape index (κ2) is 10.7. The van der Waals surface area contributed by atoms with Gasteiger partial charge in [-0.25, -0.2) is 0 Å². The van der Waals surface area contributed by atoms with Gasteiger partial charge in [-0.05, 0) is 55.3 Å². The van der Waals surface area contributed by atoms with Gasteiger partial charge in [-0.15, -0.1) is 10.2 Å². The number of hydrogen-bond acceptors (Lipinski definition) is 6. The minimum absolute atomic E-state index is 0.0493. The molecule has 1 amide bonds. The monoisotopic (exact) mass is 448 g/mol. The van der Waals surface area contributed by atoms with Gasteiger partial charge in [0.15, 0.2) is 10.9 Å². The van der Waals surface area contributed by atoms with E-state index in [1.807, 2.05) is 60.0 Å². The van der Waals surface area contributed by atoms with Crippen molar-refractivity contribution < 1.29 is 13.9 Å². The lowest BCUT2D eigenvalue weighted by molar-refractivity contribution is -0.118. The van der Waals surface area contributed by atoms with Crippen molar-refractivity contribution in [2.75, 3.05) is 18.9 Å². The molecule has 0 saturated carbocycles. The number of benzene rings is 2. The topological polar surface area (TPSA) is 82.2 Å². The number of aromatic nitrogens is 3. The van der Waals surface area contributed by atoms with Crippen molar-refractivity contribution in [1.82, 2.24) is 20.1 Å². The van der Waals surface area contributed by atoms with E-state index in [9.17, 15) is 4.79 Å². The highest BCUT2D eigenvalue weighted by atomic mass is 32.2. The van der Waals surface area contributed by atoms with Crippen LogP contribution in [0.2, 0.25) is 0 Å². The molecule has 0 aliphatic rings. The molecule has 32 heavy (non-hydrogen) atoms. The van der Waals surface area contributed by atoms with Gasteiger partial charge in [-0.1, -0.05) is 42.1 Å². The van der Waals surface area contributed by atoms with Crippen LogP contribution in [0.3, 0.4) is 0 Å². The molecule has 0 radical (unpaired) electrons. The maximum Gasteiger partial charge on any atom is 0.230 e. The van der Waals surface area contributed by atoms with Crippen molar-refractivity contribution in [2.24, 2.45) is 0 Å². The van der Waals surface area contributed by atoms with Crippen molar-refractivity contribution in [2.45, 2.75) is 18.5 Å². The predicted molar refractivity (Wildman–Crippen MR) is 124 cm³/mol. The highest BCUT2D eigenvalue weighted by molar-refractivity contribution is 7.99. The molecule has 0 spiro atoms. The van der Waals surface area contributed by atoms with Gasteiger partial charge in [0.05, 0.1) is 24.3 Å². The molecule has 0 aliphatic heterocycles. The van der Waals surface area contributed by atoms with Gasteiger partial charge in [0.25, 0.3) is 0 Å². The fourth-order valence-corrected chi connectivity index (χ4v) is 3.97. The molecule has 8 heteroatoms. The molecular formula is C24H24N4O3S. The molecule has 4 aromatic rings. The molecule has 0 bridgehead atoms. The molecule has 1 N–H and O–H groups in total. The Morgan fingerprint density at radius 3 is 2.59 bits per heavy atom. The second-order valence-corrected chi connectivity index (χ2v) is 7.86. The highest BCUT2D eigenvalue weighted by Gasteiger charge is 2.19. The van der Waals surface area contributed by atoms with E-state index >= 15 is 0 Å². The predicted octanol–water partition coefficient (Wildman–Crippen LogP) is 4.38. The van der Waals surface area contributed by atoms with E-state index in [2.05, 4.69) is 27.6 Å². The van der Waals surface area contributed by atoms with Crippen molar-refractivity contribution in [3.8, 4) is 23.0 Å². The number of rotatable bonds is 10. The first kappa shape index (κ1) is 21.7. The Bertz CT molecular complexity index is 1130. The quantitative estimate of drug-likeness (QED) is 0.363. The van der Waals surface area contributed by atoms with Crippen molar-refractivity contribution >= 4 is 17.7 Å². The zero-order valence-corrected chi connectivity index (χ0v) is 18.5. The third-order valence-electron chi connectivity index (χ3n) is 4.69. The average Bonchev–Trinajstić information content (AvgIpc) is 3.49. The number of ether oxygens (including phenoxy) is 1. The largest absolute Gasteiger partial charge is 0.494 e. The Morgan fingerprint density at radius 1 is 1.06 bits per heavy atom. The molecule has 0 aliphatic carbocycles. The molecule has 7 nitrogen and oxygen atoms in total. The maximum atomic E-state index is 12.4. The van der Waals surface area contributed by atoms with Crippen molar-refractivity contribution in [3.63, 3.8) is 0 Å². The number of amides is 1. The first-order valence-corrected chi connectivity index (χ1v) is 11.4. The third-order valence-corrected chi connectivity index (χ3v) is 5.62. The number of carbonyl (C=O) groups excluding carboxylic acids is 1. The van der Waals surface area contributed by atoms with Crippen LogP contribution in [0, 0.1) is 0 Å². The van der Waals surface area contributed by atoms with Crippen LogP contribution < -0.4 is 10.1 Å². The average molecular weight is 449 g/mol. The van der Waals surface area contributed by atoms with Gasteiger partial charge in [-0.3, -0.25) is 9.36 Å². The summed E-state index contributed by atoms with van der Waals surface area (Å²) >= 11 is 1.33. The van der Waals surface area contributed by atoms with E-state index in [1.54, 1.807) is 12.3 Å². The Balaban J connectivity index is 1.45. The Kier molecular flexibility index (Phi) is 7.24. The van der Waals surface area contributed by atoms with E-state index in [0.717, 1.165) is 17.9 Å². The van der Waals surface area contributed by atoms with Crippen LogP contribution in [-0.4, -0.2) is 39.6 Å². The number of nitrogens with zero attached hydrogens (tertiary/aromatic N) is 3. The third kappa shape index (κ3) is 5.39. The molecule has 4 rings (SSSR count). The number of nitrogens with one attached hydrogen (secondary N) is 1. The van der Waals surface area contributed by atoms with E-state index < -0.39 is 0 Å². The maximum absolute atomic E-state index is 12.4. The first-order chi connectivity index (χ1) is 15.7. The van der Waals surface area contributed by atoms with Gasteiger partial charge < -0.3 is 14.5 Å². The molecule has 0 atom stereocenters. The van der Waals surface area contributed by atoms with Crippen molar-refractivity contribution in [3.05, 3.63) is 78.6 Å². The van der Waals surface area contributed by atoms with Crippen LogP contribution in [0.4, 0.5) is 0 Å². The molecule has 0 unspecified atom stereocenters. The van der Waals surface area contributed by atoms with E-state index in [0.29, 0.717) is 29.9 Å². The van der Waals surface area contributed by atoms with Gasteiger partial charge in [0, 0.05) is 6.54 Å². The fourth-order valence-electron chi connectivity index (χ4n) is 3.19. The van der Waals surface area contributed by atoms with Gasteiger partial charge in [0.2, 0.25) is 11.7 Å². The molecule has 2 aromatic carbocycles. The first-order valence-electron chi connectivity index (χ1n) is 10.4. The summed E-state index contributed by atoms with van der Waals surface area (Å²) in [5.74, 6) is 2.15. The summed E-state index contributed by atoms with van der Waals surface area (Å²) in [6, 6.07) is 21.4. The molecule has 0 saturated heterocycles. The summed E-state index contributed by atoms with van der Waals surface area (Å²) < 4.78 is 13.0. The summed E-state index contributed by atoms with van der Waals surface area (Å²) in [6.07, 6.45) is 2.39. The molecule has 0 fully saturated rings. The Labute approximate surface area is 190 Å². The number of carbonyl (C=O) groups is 1. The summed E-state index contributed by atoms with van der Waals surface area (Å²) in [7, 11) is 0. The van der Waals surface area contributed by atoms with Gasteiger partial charge in [0.1, 0.15) is 5.75 Å². The smallest absolute Gasteiger partial charge is 0.230 e. The standard InChI is InChI=1S/C24H24N4O3S/c1-2-30-20-12-10-19(11-13-20)28-23(21-9-6-16-31-21)26-27-24(28)32-17-22(29)25-15-14-18-7-4-3-5-8-18/h3-13,16H,2,14-15,17H2,1H3,(H,25,29). The lowest BCUT2D eigenvalue weighted by Gasteiger charge is -2.10. The fraction of sp³-hybridized carbons (Fsp3) is 0.208. The SMILES string of the molecule is CCOc1ccc(-n2c(SCC(=O)NCCc3ccccc3)nnc2-c2ccco2)cc1. The van der Waals surface area contributed by atoms with Crippen LogP contribution in [0.1, 0.15) is 12.5 Å². The van der Waals surface area contributed by atoms with Crippen LogP contribution in [0.25, 0.3) is 17.3 Å². The molecule has 2 heterocycles. The van der Waals surface area contributed by atoms with Crippen molar-refractivity contribution in [1.29, 1.82) is 0 Å². The number of hydrogen-bond donors (Lipinski definition) is 1. The zero-order valence-electron chi connectivity index (χ0n) is 17.7. The van der Waals surface area contributed by atoms with Crippen LogP contribution in [0.15, 0.2) is 82.6 Å². The second-order valence-electron chi connectivity index (χ2n) is 6.92. The Morgan fingerprint density at radius 2 is 1.88 bits per heavy atom. The molecular weight excluding hydrogens is 424 g/mol. The van der Waals surface area contributed by atoms with Gasteiger partial charge >= 0.3 is 0 Å². The lowest BCUT2D eigenvalue weighted by Crippen LogP contribution is -2.27. The minimum atomic E-state index is -0.0493. The minimum Gasteiger partial charge on any atom is -0.494 e. The normalized spacial score (nSPS) is 10.8. The summed E-state index contributed by atoms with van der Waals surface area (Å²) in [6.45, 7) is 3.14. The lowest BCUT2D eigenvalue weighted by atomic mass is 10.1. The Hall–Kier alpha value is -3.52. The molecule has 2 aromatic heterocycles. The van der Waals surface area contributed by atoms with E-state index in [4.69, 9.17) is 9.15 Å². The van der Waals surface area contributed by atoms with Crippen LogP contribution in [0.5, 0.6) is 5.75 Å². The number of furan rings is 1. The van der Waals surface area contributed by atoms with E-state index in [1.165, 1.54) is 17.3 Å². The van der Waals surface area contributed by atoms with Crippen LogP contribution >= 0.6 is 11.8 Å². The van der Waals surface area contributed by atoms with E-state index in [-0.39, 0.29) is 11.7 Å².